The number of fused-ring (bicyclic) bond motifs is 1. The van der Waals surface area contributed by atoms with Crippen molar-refractivity contribution in [2.75, 3.05) is 32.1 Å². The first-order valence-electron chi connectivity index (χ1n) is 10.9. The highest BCUT2D eigenvalue weighted by atomic mass is 35.5. The lowest BCUT2D eigenvalue weighted by atomic mass is 10.0. The van der Waals surface area contributed by atoms with E-state index in [9.17, 15) is 4.79 Å². The van der Waals surface area contributed by atoms with Crippen molar-refractivity contribution in [3.05, 3.63) is 66.1 Å². The molecule has 0 bridgehead atoms. The predicted octanol–water partition coefficient (Wildman–Crippen LogP) is 3.64. The maximum Gasteiger partial charge on any atom is 0.228 e. The molecular formula is C24H28ClN7O. The van der Waals surface area contributed by atoms with E-state index in [-0.39, 0.29) is 18.2 Å². The van der Waals surface area contributed by atoms with Gasteiger partial charge >= 0.3 is 0 Å². The average Bonchev–Trinajstić information content (AvgIpc) is 3.44. The molecule has 4 aromatic rings. The zero-order valence-electron chi connectivity index (χ0n) is 19.0. The standard InChI is InChI=1S/C24H27N7O.ClH/c1-16-14-31(15-26-16)22-12-17(6-9-25-22)23(32)24-27-20-5-4-19(13-21(20)28-24)30-10-7-18(8-11-30)29(2)3;/h4-6,9,12-15,18H,7-8,10-11H2,1-3H3,(H,27,28);1H. The van der Waals surface area contributed by atoms with E-state index >= 15 is 0 Å². The Morgan fingerprint density at radius 2 is 1.91 bits per heavy atom. The number of nitrogens with zero attached hydrogens (tertiary/aromatic N) is 6. The highest BCUT2D eigenvalue weighted by Gasteiger charge is 2.21. The van der Waals surface area contributed by atoms with E-state index in [2.05, 4.69) is 56.0 Å². The third-order valence-corrected chi connectivity index (χ3v) is 6.22. The monoisotopic (exact) mass is 465 g/mol. The summed E-state index contributed by atoms with van der Waals surface area (Å²) in [5.41, 5.74) is 4.26. The molecule has 9 heteroatoms. The second-order valence-electron chi connectivity index (χ2n) is 8.62. The number of halogens is 1. The number of hydrogen-bond donors (Lipinski definition) is 1. The predicted molar refractivity (Wildman–Crippen MR) is 132 cm³/mol. The van der Waals surface area contributed by atoms with E-state index in [1.165, 1.54) is 5.69 Å². The topological polar surface area (TPSA) is 82.9 Å². The molecule has 4 heterocycles. The highest BCUT2D eigenvalue weighted by molar-refractivity contribution is 6.08. The number of piperidine rings is 1. The smallest absolute Gasteiger partial charge is 0.228 e. The lowest BCUT2D eigenvalue weighted by Gasteiger charge is -2.36. The van der Waals surface area contributed by atoms with Gasteiger partial charge in [0.15, 0.2) is 5.82 Å². The van der Waals surface area contributed by atoms with Crippen LogP contribution in [0.3, 0.4) is 0 Å². The third kappa shape index (κ3) is 4.62. The molecule has 1 saturated heterocycles. The Labute approximate surface area is 199 Å². The van der Waals surface area contributed by atoms with Gasteiger partial charge in [0.1, 0.15) is 12.1 Å². The maximum atomic E-state index is 13.1. The van der Waals surface area contributed by atoms with E-state index in [1.807, 2.05) is 19.2 Å². The number of ketones is 1. The first-order chi connectivity index (χ1) is 15.5. The number of aryl methyl sites for hydroxylation is 1. The lowest BCUT2D eigenvalue weighted by molar-refractivity contribution is 0.103. The van der Waals surface area contributed by atoms with Crippen LogP contribution in [-0.2, 0) is 0 Å². The average molecular weight is 466 g/mol. The first-order valence-corrected chi connectivity index (χ1v) is 10.9. The Kier molecular flexibility index (Phi) is 6.49. The number of aromatic nitrogens is 5. The molecule has 3 aromatic heterocycles. The van der Waals surface area contributed by atoms with Crippen molar-refractivity contribution in [2.24, 2.45) is 0 Å². The van der Waals surface area contributed by atoms with E-state index in [4.69, 9.17) is 0 Å². The Hall–Kier alpha value is -3.23. The molecule has 5 rings (SSSR count). The van der Waals surface area contributed by atoms with Gasteiger partial charge in [0.25, 0.3) is 0 Å². The minimum atomic E-state index is -0.157. The van der Waals surface area contributed by atoms with E-state index in [0.29, 0.717) is 23.2 Å². The minimum Gasteiger partial charge on any atom is -0.371 e. The Balaban J connectivity index is 0.00000259. The number of anilines is 1. The summed E-state index contributed by atoms with van der Waals surface area (Å²) < 4.78 is 1.80. The van der Waals surface area contributed by atoms with E-state index < -0.39 is 0 Å². The van der Waals surface area contributed by atoms with Gasteiger partial charge < -0.3 is 14.8 Å². The summed E-state index contributed by atoms with van der Waals surface area (Å²) in [6.45, 7) is 3.97. The van der Waals surface area contributed by atoms with E-state index in [0.717, 1.165) is 42.7 Å². The number of nitrogens with one attached hydrogen (secondary N) is 1. The number of benzene rings is 1. The molecular weight excluding hydrogens is 438 g/mol. The Morgan fingerprint density at radius 3 is 2.61 bits per heavy atom. The summed E-state index contributed by atoms with van der Waals surface area (Å²) in [6.07, 6.45) is 7.50. The molecule has 172 valence electrons. The van der Waals surface area contributed by atoms with Crippen LogP contribution in [0.4, 0.5) is 5.69 Å². The van der Waals surface area contributed by atoms with Crippen LogP contribution in [0.15, 0.2) is 49.1 Å². The number of imidazole rings is 2. The summed E-state index contributed by atoms with van der Waals surface area (Å²) in [5.74, 6) is 0.827. The van der Waals surface area contributed by atoms with Crippen molar-refractivity contribution in [3.8, 4) is 5.82 Å². The van der Waals surface area contributed by atoms with Crippen molar-refractivity contribution in [1.82, 2.24) is 29.4 Å². The van der Waals surface area contributed by atoms with Crippen LogP contribution in [0.25, 0.3) is 16.9 Å². The maximum absolute atomic E-state index is 13.1. The molecule has 1 aromatic carbocycles. The molecule has 1 aliphatic heterocycles. The third-order valence-electron chi connectivity index (χ3n) is 6.22. The van der Waals surface area contributed by atoms with Crippen molar-refractivity contribution in [3.63, 3.8) is 0 Å². The number of carbonyl (C=O) groups excluding carboxylic acids is 1. The quantitative estimate of drug-likeness (QED) is 0.453. The number of rotatable bonds is 5. The van der Waals surface area contributed by atoms with Crippen LogP contribution >= 0.6 is 12.4 Å². The molecule has 0 atom stereocenters. The number of hydrogen-bond acceptors (Lipinski definition) is 6. The van der Waals surface area contributed by atoms with Crippen molar-refractivity contribution in [2.45, 2.75) is 25.8 Å². The molecule has 1 N–H and O–H groups in total. The molecule has 0 saturated carbocycles. The Bertz CT molecular complexity index is 1270. The van der Waals surface area contributed by atoms with Gasteiger partial charge in [-0.1, -0.05) is 0 Å². The first kappa shape index (κ1) is 22.9. The van der Waals surface area contributed by atoms with Crippen LogP contribution in [0.2, 0.25) is 0 Å². The zero-order valence-corrected chi connectivity index (χ0v) is 19.8. The highest BCUT2D eigenvalue weighted by Crippen LogP contribution is 2.25. The number of pyridine rings is 1. The van der Waals surface area contributed by atoms with Gasteiger partial charge in [-0.05, 0) is 64.2 Å². The second kappa shape index (κ2) is 9.33. The normalized spacial score (nSPS) is 14.6. The Morgan fingerprint density at radius 1 is 1.12 bits per heavy atom. The number of aromatic amines is 1. The fraction of sp³-hybridized carbons (Fsp3) is 0.333. The summed E-state index contributed by atoms with van der Waals surface area (Å²) in [6, 6.07) is 10.3. The molecule has 33 heavy (non-hydrogen) atoms. The molecule has 1 aliphatic rings. The molecule has 0 radical (unpaired) electrons. The molecule has 1 fully saturated rings. The van der Waals surface area contributed by atoms with Crippen LogP contribution in [0.5, 0.6) is 0 Å². The summed E-state index contributed by atoms with van der Waals surface area (Å²) in [4.78, 5) is 34.2. The molecule has 0 amide bonds. The van der Waals surface area contributed by atoms with Crippen LogP contribution < -0.4 is 4.90 Å². The summed E-state index contributed by atoms with van der Waals surface area (Å²) in [5, 5.41) is 0. The van der Waals surface area contributed by atoms with Gasteiger partial charge in [0, 0.05) is 42.8 Å². The van der Waals surface area contributed by atoms with Crippen LogP contribution in [-0.4, -0.2) is 68.4 Å². The SMILES string of the molecule is Cc1cn(-c2cc(C(=O)c3nc4ccc(N5CCC(N(C)C)CC5)cc4[nH]3)ccn2)cn1.Cl. The molecule has 8 nitrogen and oxygen atoms in total. The van der Waals surface area contributed by atoms with Crippen LogP contribution in [0.1, 0.15) is 34.7 Å². The fourth-order valence-corrected chi connectivity index (χ4v) is 4.33. The number of H-pyrrole nitrogens is 1. The fourth-order valence-electron chi connectivity index (χ4n) is 4.33. The van der Waals surface area contributed by atoms with Gasteiger partial charge in [-0.3, -0.25) is 9.36 Å². The van der Waals surface area contributed by atoms with Gasteiger partial charge in [-0.2, -0.15) is 0 Å². The summed E-state index contributed by atoms with van der Waals surface area (Å²) >= 11 is 0. The van der Waals surface area contributed by atoms with Gasteiger partial charge in [-0.15, -0.1) is 12.4 Å². The zero-order chi connectivity index (χ0) is 22.2. The van der Waals surface area contributed by atoms with Crippen molar-refractivity contribution in [1.29, 1.82) is 0 Å². The minimum absolute atomic E-state index is 0. The molecule has 0 unspecified atom stereocenters. The lowest BCUT2D eigenvalue weighted by Crippen LogP contribution is -2.41. The number of carbonyl (C=O) groups is 1. The van der Waals surface area contributed by atoms with Gasteiger partial charge in [0.05, 0.1) is 16.7 Å². The molecule has 0 spiro atoms. The van der Waals surface area contributed by atoms with Crippen molar-refractivity contribution < 1.29 is 4.79 Å². The van der Waals surface area contributed by atoms with Crippen LogP contribution in [0, 0.1) is 6.92 Å². The molecule has 0 aliphatic carbocycles. The summed E-state index contributed by atoms with van der Waals surface area (Å²) in [7, 11) is 4.30. The van der Waals surface area contributed by atoms with Gasteiger partial charge in [-0.25, -0.2) is 15.0 Å². The second-order valence-corrected chi connectivity index (χ2v) is 8.62. The van der Waals surface area contributed by atoms with Crippen molar-refractivity contribution >= 4 is 34.9 Å². The van der Waals surface area contributed by atoms with E-state index in [1.54, 1.807) is 29.2 Å². The van der Waals surface area contributed by atoms with Gasteiger partial charge in [0.2, 0.25) is 5.78 Å². The largest absolute Gasteiger partial charge is 0.371 e.